The van der Waals surface area contributed by atoms with E-state index in [9.17, 15) is 22.8 Å². The molecule has 2 aliphatic carbocycles. The van der Waals surface area contributed by atoms with Crippen molar-refractivity contribution in [1.29, 1.82) is 0 Å². The summed E-state index contributed by atoms with van der Waals surface area (Å²) in [5.74, 6) is -2.32. The summed E-state index contributed by atoms with van der Waals surface area (Å²) in [7, 11) is 3.40. The lowest BCUT2D eigenvalue weighted by Crippen LogP contribution is -2.48. The fourth-order valence-corrected chi connectivity index (χ4v) is 6.06. The van der Waals surface area contributed by atoms with Crippen molar-refractivity contribution in [2.75, 3.05) is 27.2 Å². The van der Waals surface area contributed by atoms with E-state index >= 15 is 0 Å². The van der Waals surface area contributed by atoms with E-state index in [1.54, 1.807) is 39.2 Å². The number of carbonyl (C=O) groups excluding carboxylic acids is 2. The summed E-state index contributed by atoms with van der Waals surface area (Å²) in [6.45, 7) is 2.42. The molecule has 1 aromatic carbocycles. The highest BCUT2D eigenvalue weighted by Crippen LogP contribution is 2.46. The van der Waals surface area contributed by atoms with Gasteiger partial charge in [0.25, 0.3) is 5.91 Å². The van der Waals surface area contributed by atoms with E-state index < -0.39 is 18.0 Å². The number of hydrogen-bond acceptors (Lipinski definition) is 5. The minimum Gasteiger partial charge on any atom is -0.490 e. The first-order valence-electron chi connectivity index (χ1n) is 14.4. The van der Waals surface area contributed by atoms with Crippen LogP contribution in [0.15, 0.2) is 36.4 Å². The molecule has 3 fully saturated rings. The maximum atomic E-state index is 14.2. The molecule has 7 nitrogen and oxygen atoms in total. The van der Waals surface area contributed by atoms with Gasteiger partial charge in [-0.2, -0.15) is 13.2 Å². The van der Waals surface area contributed by atoms with Gasteiger partial charge in [0.05, 0.1) is 17.4 Å². The molecule has 2 heterocycles. The predicted molar refractivity (Wildman–Crippen MR) is 147 cm³/mol. The van der Waals surface area contributed by atoms with Crippen LogP contribution in [0.3, 0.4) is 0 Å². The third-order valence-corrected chi connectivity index (χ3v) is 8.71. The fraction of sp³-hybridized carbons (Fsp3) is 0.581. The highest BCUT2D eigenvalue weighted by atomic mass is 19.4. The van der Waals surface area contributed by atoms with Crippen LogP contribution in [0.1, 0.15) is 78.9 Å². The fourth-order valence-electron chi connectivity index (χ4n) is 6.06. The molecule has 222 valence electrons. The van der Waals surface area contributed by atoms with Gasteiger partial charge in [-0.1, -0.05) is 12.1 Å². The lowest BCUT2D eigenvalue weighted by Gasteiger charge is -2.46. The van der Waals surface area contributed by atoms with Crippen molar-refractivity contribution in [3.8, 4) is 11.6 Å². The molecule has 0 N–H and O–H groups in total. The highest BCUT2D eigenvalue weighted by molar-refractivity contribution is 5.94. The molecule has 1 atom stereocenters. The molecule has 1 aliphatic heterocycles. The Morgan fingerprint density at radius 2 is 1.63 bits per heavy atom. The minimum atomic E-state index is -4.69. The number of alkyl halides is 3. The summed E-state index contributed by atoms with van der Waals surface area (Å²) in [6, 6.07) is 9.37. The van der Waals surface area contributed by atoms with E-state index in [1.165, 1.54) is 28.0 Å². The molecular formula is C31H38F3N3O4. The number of piperidine rings is 1. The smallest absolute Gasteiger partial charge is 0.404 e. The van der Waals surface area contributed by atoms with Crippen LogP contribution in [-0.2, 0) is 4.79 Å². The molecular weight excluding hydrogens is 535 g/mol. The van der Waals surface area contributed by atoms with Crippen molar-refractivity contribution in [1.82, 2.24) is 14.8 Å². The summed E-state index contributed by atoms with van der Waals surface area (Å²) in [4.78, 5) is 32.9. The van der Waals surface area contributed by atoms with Crippen LogP contribution in [0.2, 0.25) is 0 Å². The van der Waals surface area contributed by atoms with E-state index in [2.05, 4.69) is 4.98 Å². The van der Waals surface area contributed by atoms with Gasteiger partial charge in [0.1, 0.15) is 11.9 Å². The predicted octanol–water partition coefficient (Wildman–Crippen LogP) is 5.91. The molecule has 0 radical (unpaired) electrons. The molecule has 2 saturated carbocycles. The zero-order chi connectivity index (χ0) is 29.4. The lowest BCUT2D eigenvalue weighted by molar-refractivity contribution is -0.173. The van der Waals surface area contributed by atoms with Gasteiger partial charge in [0.2, 0.25) is 11.8 Å². The molecule has 10 heteroatoms. The molecule has 2 amide bonds. The number of hydrogen-bond donors (Lipinski definition) is 0. The second-order valence-electron chi connectivity index (χ2n) is 12.0. The Hall–Kier alpha value is -3.30. The van der Waals surface area contributed by atoms with E-state index in [0.717, 1.165) is 38.5 Å². The number of benzene rings is 1. The molecule has 0 bridgehead atoms. The first-order chi connectivity index (χ1) is 19.4. The maximum absolute atomic E-state index is 14.2. The third-order valence-electron chi connectivity index (χ3n) is 8.71. The van der Waals surface area contributed by atoms with E-state index in [-0.39, 0.29) is 29.1 Å². The Labute approximate surface area is 239 Å². The van der Waals surface area contributed by atoms with E-state index in [1.807, 2.05) is 0 Å². The summed E-state index contributed by atoms with van der Waals surface area (Å²) >= 11 is 0. The van der Waals surface area contributed by atoms with Crippen LogP contribution in [0, 0.1) is 12.3 Å². The summed E-state index contributed by atoms with van der Waals surface area (Å²) < 4.78 is 54.4. The van der Waals surface area contributed by atoms with Gasteiger partial charge in [0, 0.05) is 33.3 Å². The van der Waals surface area contributed by atoms with Crippen molar-refractivity contribution >= 4 is 11.8 Å². The molecule has 1 saturated heterocycles. The molecule has 41 heavy (non-hydrogen) atoms. The molecule has 5 rings (SSSR count). The van der Waals surface area contributed by atoms with Crippen molar-refractivity contribution < 1.29 is 32.2 Å². The highest BCUT2D eigenvalue weighted by Gasteiger charge is 2.49. The van der Waals surface area contributed by atoms with Gasteiger partial charge in [-0.05, 0) is 87.5 Å². The molecule has 3 aliphatic rings. The number of pyridine rings is 1. The second kappa shape index (κ2) is 11.5. The monoisotopic (exact) mass is 573 g/mol. The van der Waals surface area contributed by atoms with Gasteiger partial charge < -0.3 is 19.3 Å². The third kappa shape index (κ3) is 6.79. The number of ether oxygens (including phenoxy) is 2. The largest absolute Gasteiger partial charge is 0.490 e. The molecule has 2 aromatic rings. The van der Waals surface area contributed by atoms with Gasteiger partial charge in [-0.25, -0.2) is 4.98 Å². The number of nitrogens with zero attached hydrogens (tertiary/aromatic N) is 3. The lowest BCUT2D eigenvalue weighted by atomic mass is 9.67. The van der Waals surface area contributed by atoms with Crippen LogP contribution in [-0.4, -0.2) is 72.2 Å². The van der Waals surface area contributed by atoms with E-state index in [0.29, 0.717) is 48.8 Å². The average Bonchev–Trinajstić information content (AvgIpc) is 3.74. The van der Waals surface area contributed by atoms with Crippen LogP contribution in [0.4, 0.5) is 13.2 Å². The van der Waals surface area contributed by atoms with Crippen molar-refractivity contribution in [2.45, 2.75) is 82.6 Å². The summed E-state index contributed by atoms with van der Waals surface area (Å²) in [6.07, 6.45) is 1.92. The quantitative estimate of drug-likeness (QED) is 0.412. The normalized spacial score (nSPS) is 20.0. The molecule has 1 unspecified atom stereocenters. The summed E-state index contributed by atoms with van der Waals surface area (Å²) in [5.41, 5.74) is 1.10. The topological polar surface area (TPSA) is 72.0 Å². The maximum Gasteiger partial charge on any atom is 0.404 e. The number of likely N-dealkylation sites (tertiary alicyclic amines) is 1. The Bertz CT molecular complexity index is 1260. The van der Waals surface area contributed by atoms with E-state index in [4.69, 9.17) is 9.47 Å². The van der Waals surface area contributed by atoms with Crippen LogP contribution >= 0.6 is 0 Å². The first-order valence-corrected chi connectivity index (χ1v) is 14.4. The van der Waals surface area contributed by atoms with Crippen LogP contribution in [0.5, 0.6) is 11.6 Å². The van der Waals surface area contributed by atoms with Gasteiger partial charge >= 0.3 is 6.18 Å². The molecule has 1 spiro atoms. The Balaban J connectivity index is 1.16. The standard InChI is InChI=1S/C31H38F3N3O4/c1-20-25(28(38)36(2)3)9-10-26(35-20)41-23-11-13-30(14-12-23)15-17-37(18-16-30)29(39)27(31(32,33)34)21-5-4-6-24(19-21)40-22-7-8-22/h4-6,9-10,19,22-23,27H,7-8,11-18H2,1-3H3. The SMILES string of the molecule is Cc1nc(OC2CCC3(CC2)CCN(C(=O)C(c2cccc(OC4CC4)c2)C(F)(F)F)CC3)ccc1C(=O)N(C)C. The zero-order valence-corrected chi connectivity index (χ0v) is 23.9. The van der Waals surface area contributed by atoms with Crippen LogP contribution in [0.25, 0.3) is 0 Å². The number of rotatable bonds is 7. The van der Waals surface area contributed by atoms with Gasteiger partial charge in [0.15, 0.2) is 5.92 Å². The Morgan fingerprint density at radius 1 is 0.976 bits per heavy atom. The van der Waals surface area contributed by atoms with Gasteiger partial charge in [-0.3, -0.25) is 9.59 Å². The number of amides is 2. The second-order valence-corrected chi connectivity index (χ2v) is 12.0. The van der Waals surface area contributed by atoms with Gasteiger partial charge in [-0.15, -0.1) is 0 Å². The number of halogens is 3. The van der Waals surface area contributed by atoms with Crippen molar-refractivity contribution in [2.24, 2.45) is 5.41 Å². The zero-order valence-electron chi connectivity index (χ0n) is 23.9. The number of aromatic nitrogens is 1. The van der Waals surface area contributed by atoms with Crippen molar-refractivity contribution in [3.63, 3.8) is 0 Å². The Morgan fingerprint density at radius 3 is 2.22 bits per heavy atom. The number of carbonyl (C=O) groups is 2. The Kier molecular flexibility index (Phi) is 8.21. The summed E-state index contributed by atoms with van der Waals surface area (Å²) in [5, 5.41) is 0. The van der Waals surface area contributed by atoms with Crippen molar-refractivity contribution in [3.05, 3.63) is 53.2 Å². The number of aryl methyl sites for hydroxylation is 1. The first kappa shape index (κ1) is 29.2. The average molecular weight is 574 g/mol. The van der Waals surface area contributed by atoms with Crippen LogP contribution < -0.4 is 9.47 Å². The molecule has 1 aromatic heterocycles. The minimum absolute atomic E-state index is 0.00766.